The summed E-state index contributed by atoms with van der Waals surface area (Å²) in [6, 6.07) is 22.5. The molecule has 0 saturated heterocycles. The molecule has 0 unspecified atom stereocenters. The fourth-order valence-corrected chi connectivity index (χ4v) is 4.38. The van der Waals surface area contributed by atoms with E-state index in [1.807, 2.05) is 30.3 Å². The molecule has 186 valence electrons. The Kier molecular flexibility index (Phi) is 6.30. The summed E-state index contributed by atoms with van der Waals surface area (Å²) in [5, 5.41) is 13.0. The van der Waals surface area contributed by atoms with E-state index >= 15 is 0 Å². The van der Waals surface area contributed by atoms with Crippen molar-refractivity contribution in [2.75, 3.05) is 18.2 Å². The van der Waals surface area contributed by atoms with Gasteiger partial charge in [0, 0.05) is 29.5 Å². The fraction of sp³-hybridized carbons (Fsp3) is 0.111. The number of aromatic nitrogens is 4. The molecule has 1 amide bonds. The third kappa shape index (κ3) is 5.81. The first-order valence-electron chi connectivity index (χ1n) is 11.9. The molecule has 37 heavy (non-hydrogen) atoms. The summed E-state index contributed by atoms with van der Waals surface area (Å²) in [7, 11) is -3.63. The molecule has 0 atom stereocenters. The van der Waals surface area contributed by atoms with Crippen LogP contribution in [0.5, 0.6) is 5.75 Å². The summed E-state index contributed by atoms with van der Waals surface area (Å²) in [6.07, 6.45) is 1.80. The first-order chi connectivity index (χ1) is 18.3. The third-order valence-corrected chi connectivity index (χ3v) is 6.71. The minimum absolute atomic E-state index is 0.0320. The van der Waals surface area contributed by atoms with Gasteiger partial charge in [0.1, 0.15) is 11.3 Å². The molecule has 0 bridgehead atoms. The molecule has 5 aromatic rings. The van der Waals surface area contributed by atoms with Crippen molar-refractivity contribution in [2.45, 2.75) is 11.3 Å². The number of sulfone groups is 1. The molecule has 9 nitrogen and oxygen atoms in total. The third-order valence-electron chi connectivity index (χ3n) is 5.62. The second-order valence-electron chi connectivity index (χ2n) is 8.37. The topological polar surface area (TPSA) is 127 Å². The number of carbonyl (C=O) groups excluding carboxylic acids is 1. The lowest BCUT2D eigenvalue weighted by Crippen LogP contribution is -2.13. The van der Waals surface area contributed by atoms with Gasteiger partial charge in [-0.05, 0) is 60.1 Å². The Balaban J connectivity index is 1.36. The van der Waals surface area contributed by atoms with Crippen molar-refractivity contribution in [2.24, 2.45) is 0 Å². The molecule has 0 aliphatic rings. The highest BCUT2D eigenvalue weighted by molar-refractivity contribution is 7.90. The molecule has 0 spiro atoms. The van der Waals surface area contributed by atoms with Crippen LogP contribution in [0.1, 0.15) is 17.3 Å². The van der Waals surface area contributed by atoms with Crippen LogP contribution in [0.15, 0.2) is 89.8 Å². The molecule has 10 heteroatoms. The van der Waals surface area contributed by atoms with E-state index in [0.29, 0.717) is 34.8 Å². The van der Waals surface area contributed by atoms with E-state index in [1.54, 1.807) is 30.3 Å². The summed E-state index contributed by atoms with van der Waals surface area (Å²) in [5.41, 5.74) is 3.37. The van der Waals surface area contributed by atoms with Gasteiger partial charge in [-0.25, -0.2) is 13.4 Å². The Morgan fingerprint density at radius 1 is 1.05 bits per heavy atom. The molecule has 3 aromatic carbocycles. The van der Waals surface area contributed by atoms with Crippen molar-refractivity contribution in [3.8, 4) is 17.0 Å². The van der Waals surface area contributed by atoms with Crippen molar-refractivity contribution < 1.29 is 19.3 Å². The van der Waals surface area contributed by atoms with Crippen LogP contribution < -0.4 is 10.1 Å². The number of carbonyl (C=O) groups is 1. The average molecular weight is 515 g/mol. The van der Waals surface area contributed by atoms with Crippen LogP contribution in [0, 0.1) is 0 Å². The number of ether oxygens (including phenoxy) is 1. The highest BCUT2D eigenvalue weighted by Crippen LogP contribution is 2.26. The summed E-state index contributed by atoms with van der Waals surface area (Å²) in [4.78, 5) is 17.5. The van der Waals surface area contributed by atoms with Crippen LogP contribution in [-0.4, -0.2) is 47.6 Å². The van der Waals surface area contributed by atoms with Crippen molar-refractivity contribution in [1.29, 1.82) is 0 Å². The van der Waals surface area contributed by atoms with E-state index in [-0.39, 0.29) is 22.2 Å². The number of amides is 1. The predicted octanol–water partition coefficient (Wildman–Crippen LogP) is 4.30. The van der Waals surface area contributed by atoms with E-state index in [4.69, 9.17) is 6.11 Å². The number of benzene rings is 3. The van der Waals surface area contributed by atoms with E-state index in [9.17, 15) is 13.2 Å². The Morgan fingerprint density at radius 2 is 1.89 bits per heavy atom. The molecule has 0 aliphatic heterocycles. The first-order valence-corrected chi connectivity index (χ1v) is 13.3. The molecule has 0 saturated carbocycles. The quantitative estimate of drug-likeness (QED) is 0.316. The zero-order chi connectivity index (χ0) is 26.7. The van der Waals surface area contributed by atoms with Crippen molar-refractivity contribution >= 4 is 32.6 Å². The van der Waals surface area contributed by atoms with Crippen LogP contribution in [0.3, 0.4) is 0 Å². The molecule has 2 aromatic heterocycles. The van der Waals surface area contributed by atoms with E-state index in [1.165, 1.54) is 18.2 Å². The number of pyridine rings is 1. The monoisotopic (exact) mass is 514 g/mol. The van der Waals surface area contributed by atoms with Gasteiger partial charge in [-0.2, -0.15) is 0 Å². The molecule has 5 rings (SSSR count). The molecule has 2 heterocycles. The lowest BCUT2D eigenvalue weighted by Gasteiger charge is -2.11. The van der Waals surface area contributed by atoms with Crippen molar-refractivity contribution in [3.05, 3.63) is 96.0 Å². The summed E-state index contributed by atoms with van der Waals surface area (Å²) < 4.78 is 38.8. The largest absolute Gasteiger partial charge is 0.493 e. The van der Waals surface area contributed by atoms with E-state index < -0.39 is 15.7 Å². The number of nitrogens with zero attached hydrogens (tertiary/aromatic N) is 3. The first kappa shape index (κ1) is 22.9. The number of H-pyrrole nitrogens is 1. The molecule has 2 N–H and O–H groups in total. The van der Waals surface area contributed by atoms with Crippen LogP contribution in [0.4, 0.5) is 5.69 Å². The number of aromatic amines is 1. The van der Waals surface area contributed by atoms with Gasteiger partial charge in [0.05, 0.1) is 18.6 Å². The highest BCUT2D eigenvalue weighted by atomic mass is 32.2. The van der Waals surface area contributed by atoms with Gasteiger partial charge in [0.15, 0.2) is 9.84 Å². The van der Waals surface area contributed by atoms with Crippen molar-refractivity contribution in [3.63, 3.8) is 0 Å². The van der Waals surface area contributed by atoms with Gasteiger partial charge >= 0.3 is 0 Å². The highest BCUT2D eigenvalue weighted by Gasteiger charge is 2.17. The van der Waals surface area contributed by atoms with Gasteiger partial charge in [0.2, 0.25) is 5.65 Å². The molecule has 0 aliphatic carbocycles. The summed E-state index contributed by atoms with van der Waals surface area (Å²) in [5.74, 6) is -0.0508. The lowest BCUT2D eigenvalue weighted by atomic mass is 10.1. The number of fused-ring (bicyclic) bond motifs is 1. The SMILES string of the molecule is [2H]c1cc(OCCc2ccccc2)ccc1NC(=O)c1cc(-c2ccc3[nH]nnc3n2)cc(S(C)(=O)=O)c1. The molecular weight excluding hydrogens is 490 g/mol. The standard InChI is InChI=1S/C27H23N5O4S/c1-37(34,35)23-16-19(24-11-12-25-26(29-24)31-32-30-25)15-20(17-23)27(33)28-21-7-9-22(10-8-21)36-14-13-18-5-3-2-4-6-18/h2-12,15-17H,13-14H2,1H3,(H,28,33)(H,29,30,31,32)/i7D. The van der Waals surface area contributed by atoms with Gasteiger partial charge in [-0.15, -0.1) is 5.10 Å². The number of hydrogen-bond acceptors (Lipinski definition) is 7. The second-order valence-corrected chi connectivity index (χ2v) is 10.4. The smallest absolute Gasteiger partial charge is 0.255 e. The number of nitrogens with one attached hydrogen (secondary N) is 2. The average Bonchev–Trinajstić information content (AvgIpc) is 3.38. The Morgan fingerprint density at radius 3 is 2.68 bits per heavy atom. The van der Waals surface area contributed by atoms with Crippen LogP contribution in [0.25, 0.3) is 22.4 Å². The number of rotatable bonds is 8. The van der Waals surface area contributed by atoms with Crippen molar-refractivity contribution in [1.82, 2.24) is 20.4 Å². The maximum Gasteiger partial charge on any atom is 0.255 e. The van der Waals surface area contributed by atoms with Gasteiger partial charge in [-0.1, -0.05) is 35.5 Å². The minimum Gasteiger partial charge on any atom is -0.493 e. The Labute approximate surface area is 214 Å². The zero-order valence-electron chi connectivity index (χ0n) is 20.8. The lowest BCUT2D eigenvalue weighted by molar-refractivity contribution is 0.102. The maximum absolute atomic E-state index is 13.1. The minimum atomic E-state index is -3.63. The fourth-order valence-electron chi connectivity index (χ4n) is 3.69. The zero-order valence-corrected chi connectivity index (χ0v) is 20.6. The Bertz CT molecular complexity index is 1740. The molecule has 0 fully saturated rings. The predicted molar refractivity (Wildman–Crippen MR) is 140 cm³/mol. The van der Waals surface area contributed by atoms with Gasteiger partial charge in [0.25, 0.3) is 5.91 Å². The molecule has 0 radical (unpaired) electrons. The Hall–Kier alpha value is -4.57. The summed E-state index contributed by atoms with van der Waals surface area (Å²) >= 11 is 0. The number of anilines is 1. The maximum atomic E-state index is 13.1. The second kappa shape index (κ2) is 10.2. The number of hydrogen-bond donors (Lipinski definition) is 2. The van der Waals surface area contributed by atoms with Crippen LogP contribution in [0.2, 0.25) is 0 Å². The van der Waals surface area contributed by atoms with E-state index in [0.717, 1.165) is 18.2 Å². The van der Waals surface area contributed by atoms with Gasteiger partial charge in [-0.3, -0.25) is 9.89 Å². The van der Waals surface area contributed by atoms with Crippen LogP contribution in [-0.2, 0) is 16.3 Å². The molecular formula is C27H23N5O4S. The van der Waals surface area contributed by atoms with Gasteiger partial charge < -0.3 is 10.1 Å². The van der Waals surface area contributed by atoms with E-state index in [2.05, 4.69) is 25.7 Å². The normalized spacial score (nSPS) is 11.8. The summed E-state index contributed by atoms with van der Waals surface area (Å²) in [6.45, 7) is 0.449. The van der Waals surface area contributed by atoms with Crippen LogP contribution >= 0.6 is 0 Å².